The van der Waals surface area contributed by atoms with Gasteiger partial charge >= 0.3 is 0 Å². The predicted octanol–water partition coefficient (Wildman–Crippen LogP) is 3.81. The van der Waals surface area contributed by atoms with Crippen molar-refractivity contribution in [2.45, 2.75) is 12.7 Å². The minimum atomic E-state index is -0.457. The molecular formula is C12H11N3O3. The van der Waals surface area contributed by atoms with Gasteiger partial charge in [0, 0.05) is 16.0 Å². The van der Waals surface area contributed by atoms with Crippen molar-refractivity contribution in [3.05, 3.63) is 40.5 Å². The Morgan fingerprint density at radius 3 is 2.89 bits per heavy atom. The molecule has 2 heterocycles. The number of azide groups is 1. The van der Waals surface area contributed by atoms with Crippen molar-refractivity contribution >= 4 is 16.7 Å². The molecule has 6 nitrogen and oxygen atoms in total. The summed E-state index contributed by atoms with van der Waals surface area (Å²) in [5.74, 6) is 0. The number of hydrogen-bond donors (Lipinski definition) is 0. The Balaban J connectivity index is 2.12. The summed E-state index contributed by atoms with van der Waals surface area (Å²) in [7, 11) is 0. The first-order valence-electron chi connectivity index (χ1n) is 5.68. The third-order valence-electron chi connectivity index (χ3n) is 2.81. The van der Waals surface area contributed by atoms with Gasteiger partial charge in [-0.25, -0.2) is 0 Å². The fourth-order valence-corrected chi connectivity index (χ4v) is 2.05. The van der Waals surface area contributed by atoms with Crippen molar-refractivity contribution < 1.29 is 13.9 Å². The van der Waals surface area contributed by atoms with Gasteiger partial charge in [0.25, 0.3) is 0 Å². The van der Waals surface area contributed by atoms with Crippen LogP contribution in [0.3, 0.4) is 0 Å². The van der Waals surface area contributed by atoms with Gasteiger partial charge in [-0.15, -0.1) is 0 Å². The van der Waals surface area contributed by atoms with Crippen LogP contribution in [0, 0.1) is 0 Å². The van der Waals surface area contributed by atoms with Crippen LogP contribution in [0.4, 0.5) is 5.69 Å². The Morgan fingerprint density at radius 1 is 1.28 bits per heavy atom. The number of hydrogen-bond acceptors (Lipinski definition) is 4. The van der Waals surface area contributed by atoms with Crippen LogP contribution in [-0.4, -0.2) is 13.2 Å². The van der Waals surface area contributed by atoms with E-state index in [2.05, 4.69) is 10.0 Å². The molecule has 18 heavy (non-hydrogen) atoms. The average molecular weight is 245 g/mol. The fourth-order valence-electron chi connectivity index (χ4n) is 2.05. The number of rotatable bonds is 2. The standard InChI is InChI=1S/C12H11N3O3/c13-15-14-9-6-8-2-5-16-11(8)10(7-9)12-17-3-1-4-18-12/h2,5-7,12H,1,3-4H2. The molecule has 2 aromatic rings. The zero-order valence-corrected chi connectivity index (χ0v) is 9.57. The van der Waals surface area contributed by atoms with Crippen LogP contribution in [-0.2, 0) is 9.47 Å². The van der Waals surface area contributed by atoms with Crippen LogP contribution in [0.1, 0.15) is 18.3 Å². The molecule has 0 atom stereocenters. The lowest BCUT2D eigenvalue weighted by Gasteiger charge is -2.23. The molecule has 1 aliphatic heterocycles. The Bertz CT molecular complexity index is 610. The van der Waals surface area contributed by atoms with Crippen LogP contribution >= 0.6 is 0 Å². The van der Waals surface area contributed by atoms with Crippen LogP contribution < -0.4 is 0 Å². The Labute approximate surface area is 103 Å². The normalized spacial score (nSPS) is 16.7. The van der Waals surface area contributed by atoms with E-state index in [1.807, 2.05) is 6.07 Å². The number of nitrogens with zero attached hydrogens (tertiary/aromatic N) is 3. The van der Waals surface area contributed by atoms with E-state index < -0.39 is 6.29 Å². The lowest BCUT2D eigenvalue weighted by molar-refractivity contribution is -0.182. The molecule has 0 amide bonds. The number of ether oxygens (including phenoxy) is 2. The van der Waals surface area contributed by atoms with Gasteiger partial charge in [0.1, 0.15) is 5.58 Å². The second-order valence-corrected chi connectivity index (χ2v) is 3.99. The fraction of sp³-hybridized carbons (Fsp3) is 0.333. The Hall–Kier alpha value is -2.01. The van der Waals surface area contributed by atoms with Gasteiger partial charge in [0.15, 0.2) is 6.29 Å². The molecule has 1 saturated heterocycles. The van der Waals surface area contributed by atoms with Crippen LogP contribution in [0.25, 0.3) is 21.4 Å². The smallest absolute Gasteiger partial charge is 0.187 e. The molecule has 0 bridgehead atoms. The molecule has 0 unspecified atom stereocenters. The summed E-state index contributed by atoms with van der Waals surface area (Å²) in [4.78, 5) is 2.80. The van der Waals surface area contributed by atoms with Gasteiger partial charge in [-0.2, -0.15) is 0 Å². The maximum Gasteiger partial charge on any atom is 0.187 e. The highest BCUT2D eigenvalue weighted by Gasteiger charge is 2.21. The molecule has 92 valence electrons. The van der Waals surface area contributed by atoms with Crippen molar-refractivity contribution in [2.75, 3.05) is 13.2 Å². The zero-order valence-electron chi connectivity index (χ0n) is 9.57. The second kappa shape index (κ2) is 4.70. The van der Waals surface area contributed by atoms with Crippen molar-refractivity contribution in [1.82, 2.24) is 0 Å². The maximum atomic E-state index is 8.52. The quantitative estimate of drug-likeness (QED) is 0.458. The Kier molecular flexibility index (Phi) is 2.90. The predicted molar refractivity (Wildman–Crippen MR) is 64.3 cm³/mol. The van der Waals surface area contributed by atoms with E-state index in [-0.39, 0.29) is 0 Å². The summed E-state index contributed by atoms with van der Waals surface area (Å²) >= 11 is 0. The molecule has 1 fully saturated rings. The molecule has 1 aliphatic rings. The maximum absolute atomic E-state index is 8.52. The summed E-state index contributed by atoms with van der Waals surface area (Å²) in [5.41, 5.74) is 10.5. The van der Waals surface area contributed by atoms with Crippen molar-refractivity contribution in [2.24, 2.45) is 5.11 Å². The lowest BCUT2D eigenvalue weighted by Crippen LogP contribution is -2.17. The third-order valence-corrected chi connectivity index (χ3v) is 2.81. The highest BCUT2D eigenvalue weighted by Crippen LogP contribution is 2.34. The highest BCUT2D eigenvalue weighted by atomic mass is 16.7. The molecule has 3 rings (SSSR count). The monoisotopic (exact) mass is 245 g/mol. The van der Waals surface area contributed by atoms with Gasteiger partial charge in [-0.3, -0.25) is 0 Å². The molecule has 1 aromatic carbocycles. The average Bonchev–Trinajstić information content (AvgIpc) is 2.87. The van der Waals surface area contributed by atoms with Gasteiger partial charge in [-0.1, -0.05) is 5.11 Å². The van der Waals surface area contributed by atoms with Crippen LogP contribution in [0.5, 0.6) is 0 Å². The molecule has 1 aromatic heterocycles. The molecular weight excluding hydrogens is 234 g/mol. The Morgan fingerprint density at radius 2 is 2.11 bits per heavy atom. The number of furan rings is 1. The summed E-state index contributed by atoms with van der Waals surface area (Å²) in [6, 6.07) is 5.32. The van der Waals surface area contributed by atoms with Crippen molar-refractivity contribution in [1.29, 1.82) is 0 Å². The lowest BCUT2D eigenvalue weighted by atomic mass is 10.1. The molecule has 6 heteroatoms. The minimum absolute atomic E-state index is 0.457. The van der Waals surface area contributed by atoms with Crippen molar-refractivity contribution in [3.63, 3.8) is 0 Å². The first-order valence-corrected chi connectivity index (χ1v) is 5.68. The summed E-state index contributed by atoms with van der Waals surface area (Å²) in [6.45, 7) is 1.30. The van der Waals surface area contributed by atoms with E-state index in [0.29, 0.717) is 24.5 Å². The largest absolute Gasteiger partial charge is 0.464 e. The third kappa shape index (κ3) is 1.93. The summed E-state index contributed by atoms with van der Waals surface area (Å²) in [6.07, 6.45) is 2.02. The molecule has 0 N–H and O–H groups in total. The molecule has 0 aliphatic carbocycles. The molecule has 0 spiro atoms. The number of benzene rings is 1. The highest BCUT2D eigenvalue weighted by molar-refractivity contribution is 5.84. The first kappa shape index (κ1) is 11.1. The summed E-state index contributed by atoms with van der Waals surface area (Å²) < 4.78 is 16.6. The van der Waals surface area contributed by atoms with Gasteiger partial charge in [-0.05, 0) is 30.2 Å². The first-order chi connectivity index (χ1) is 8.88. The molecule has 0 saturated carbocycles. The van der Waals surface area contributed by atoms with Gasteiger partial charge < -0.3 is 13.9 Å². The summed E-state index contributed by atoms with van der Waals surface area (Å²) in [5, 5.41) is 4.49. The van der Waals surface area contributed by atoms with E-state index >= 15 is 0 Å². The van der Waals surface area contributed by atoms with E-state index in [4.69, 9.17) is 19.4 Å². The van der Waals surface area contributed by atoms with Crippen LogP contribution in [0.15, 0.2) is 34.0 Å². The van der Waals surface area contributed by atoms with Gasteiger partial charge in [0.05, 0.1) is 25.0 Å². The minimum Gasteiger partial charge on any atom is -0.464 e. The topological polar surface area (TPSA) is 80.4 Å². The SMILES string of the molecule is [N-]=[N+]=Nc1cc(C2OCCCO2)c2occc2c1. The second-order valence-electron chi connectivity index (χ2n) is 3.99. The van der Waals surface area contributed by atoms with Crippen LogP contribution in [0.2, 0.25) is 0 Å². The van der Waals surface area contributed by atoms with E-state index in [0.717, 1.165) is 17.4 Å². The van der Waals surface area contributed by atoms with Crippen molar-refractivity contribution in [3.8, 4) is 0 Å². The van der Waals surface area contributed by atoms with E-state index in [1.165, 1.54) is 0 Å². The van der Waals surface area contributed by atoms with E-state index in [9.17, 15) is 0 Å². The van der Waals surface area contributed by atoms with E-state index in [1.54, 1.807) is 18.4 Å². The molecule has 0 radical (unpaired) electrons. The van der Waals surface area contributed by atoms with Gasteiger partial charge in [0.2, 0.25) is 0 Å². The zero-order chi connectivity index (χ0) is 12.4. The number of fused-ring (bicyclic) bond motifs is 1.